The summed E-state index contributed by atoms with van der Waals surface area (Å²) in [6.45, 7) is 3.00. The van der Waals surface area contributed by atoms with Crippen molar-refractivity contribution in [2.45, 2.75) is 13.5 Å². The van der Waals surface area contributed by atoms with Gasteiger partial charge in [0.05, 0.1) is 0 Å². The van der Waals surface area contributed by atoms with E-state index in [0.717, 1.165) is 24.7 Å². The van der Waals surface area contributed by atoms with E-state index in [1.807, 2.05) is 17.0 Å². The van der Waals surface area contributed by atoms with Gasteiger partial charge in [-0.2, -0.15) is 0 Å². The first-order chi connectivity index (χ1) is 8.80. The predicted molar refractivity (Wildman–Crippen MR) is 67.3 cm³/mol. The Morgan fingerprint density at radius 3 is 2.22 bits per heavy atom. The number of aldehydes is 2. The minimum absolute atomic E-state index is 0.479. The summed E-state index contributed by atoms with van der Waals surface area (Å²) >= 11 is 0. The molecule has 18 heavy (non-hydrogen) atoms. The molecular formula is C14H15N2O2+. The lowest BCUT2D eigenvalue weighted by molar-refractivity contribution is -0.693. The zero-order valence-corrected chi connectivity index (χ0v) is 10.2. The molecule has 0 N–H and O–H groups in total. The van der Waals surface area contributed by atoms with Gasteiger partial charge in [0, 0.05) is 23.9 Å². The van der Waals surface area contributed by atoms with Crippen LogP contribution in [0, 0.1) is 0 Å². The second-order valence-corrected chi connectivity index (χ2v) is 3.45. The van der Waals surface area contributed by atoms with Crippen molar-refractivity contribution in [3.8, 4) is 0 Å². The van der Waals surface area contributed by atoms with Gasteiger partial charge in [-0.05, 0) is 19.1 Å². The highest BCUT2D eigenvalue weighted by atomic mass is 16.1. The van der Waals surface area contributed by atoms with Crippen LogP contribution in [-0.2, 0) is 6.54 Å². The summed E-state index contributed by atoms with van der Waals surface area (Å²) in [5.74, 6) is 0. The number of aromatic nitrogens is 2. The van der Waals surface area contributed by atoms with E-state index in [1.54, 1.807) is 36.5 Å². The van der Waals surface area contributed by atoms with E-state index in [1.165, 1.54) is 0 Å². The number of hydrogen-bond donors (Lipinski definition) is 0. The van der Waals surface area contributed by atoms with E-state index in [2.05, 4.69) is 11.9 Å². The Balaban J connectivity index is 0.000000184. The second kappa shape index (κ2) is 7.84. The van der Waals surface area contributed by atoms with Crippen molar-refractivity contribution < 1.29 is 14.2 Å². The van der Waals surface area contributed by atoms with Crippen molar-refractivity contribution in [3.63, 3.8) is 0 Å². The summed E-state index contributed by atoms with van der Waals surface area (Å²) in [4.78, 5) is 23.9. The Kier molecular flexibility index (Phi) is 5.97. The lowest BCUT2D eigenvalue weighted by Crippen LogP contribution is -2.30. The summed E-state index contributed by atoms with van der Waals surface area (Å²) in [5, 5.41) is 0. The molecule has 2 aromatic heterocycles. The number of carbonyl (C=O) groups excluding carboxylic acids is 2. The first-order valence-corrected chi connectivity index (χ1v) is 5.60. The first-order valence-electron chi connectivity index (χ1n) is 5.60. The van der Waals surface area contributed by atoms with Crippen molar-refractivity contribution in [1.82, 2.24) is 4.98 Å². The Morgan fingerprint density at radius 2 is 1.83 bits per heavy atom. The van der Waals surface area contributed by atoms with Gasteiger partial charge >= 0.3 is 0 Å². The minimum atomic E-state index is 0.479. The summed E-state index contributed by atoms with van der Waals surface area (Å²) in [6, 6.07) is 8.81. The Hall–Kier alpha value is -2.36. The van der Waals surface area contributed by atoms with E-state index < -0.39 is 0 Å². The quantitative estimate of drug-likeness (QED) is 0.609. The molecule has 0 aliphatic carbocycles. The smallest absolute Gasteiger partial charge is 0.169 e. The fraction of sp³-hybridized carbons (Fsp3) is 0.143. The van der Waals surface area contributed by atoms with Gasteiger partial charge in [-0.3, -0.25) is 14.6 Å². The van der Waals surface area contributed by atoms with E-state index in [9.17, 15) is 9.59 Å². The molecule has 2 rings (SSSR count). The molecule has 4 nitrogen and oxygen atoms in total. The standard InChI is InChI=1S/C8H10NO.C6H5NO/c1-2-9-5-3-8(7-10)4-6-9;8-5-6-3-1-2-4-7-6/h3-7H,2H2,1H3;1-5H/q+1;. The SMILES string of the molecule is CC[n+]1ccc(C=O)cc1.O=Cc1ccccn1. The number of hydrogen-bond acceptors (Lipinski definition) is 3. The molecule has 92 valence electrons. The average molecular weight is 243 g/mol. The van der Waals surface area contributed by atoms with Gasteiger partial charge < -0.3 is 0 Å². The van der Waals surface area contributed by atoms with E-state index in [-0.39, 0.29) is 0 Å². The number of pyridine rings is 2. The van der Waals surface area contributed by atoms with Gasteiger partial charge in [-0.1, -0.05) is 6.07 Å². The average Bonchev–Trinajstić information content (AvgIpc) is 2.49. The maximum Gasteiger partial charge on any atom is 0.169 e. The van der Waals surface area contributed by atoms with E-state index in [0.29, 0.717) is 5.69 Å². The number of aryl methyl sites for hydroxylation is 1. The molecule has 0 saturated carbocycles. The zero-order chi connectivity index (χ0) is 13.2. The van der Waals surface area contributed by atoms with Gasteiger partial charge in [-0.15, -0.1) is 0 Å². The zero-order valence-electron chi connectivity index (χ0n) is 10.2. The van der Waals surface area contributed by atoms with Crippen LogP contribution in [-0.4, -0.2) is 17.6 Å². The van der Waals surface area contributed by atoms with Crippen LogP contribution in [0.1, 0.15) is 27.8 Å². The van der Waals surface area contributed by atoms with Crippen LogP contribution in [0.15, 0.2) is 48.9 Å². The van der Waals surface area contributed by atoms with Crippen molar-refractivity contribution in [1.29, 1.82) is 0 Å². The monoisotopic (exact) mass is 243 g/mol. The molecule has 0 fully saturated rings. The van der Waals surface area contributed by atoms with Crippen LogP contribution < -0.4 is 4.57 Å². The summed E-state index contributed by atoms with van der Waals surface area (Å²) in [6.07, 6.45) is 6.94. The molecule has 4 heteroatoms. The molecule has 0 radical (unpaired) electrons. The summed E-state index contributed by atoms with van der Waals surface area (Å²) < 4.78 is 2.01. The normalized spacial score (nSPS) is 8.94. The van der Waals surface area contributed by atoms with Crippen LogP contribution in [0.2, 0.25) is 0 Å². The largest absolute Gasteiger partial charge is 0.298 e. The van der Waals surface area contributed by atoms with E-state index in [4.69, 9.17) is 0 Å². The maximum atomic E-state index is 10.2. The third-order valence-corrected chi connectivity index (χ3v) is 2.23. The third kappa shape index (κ3) is 4.65. The molecular weight excluding hydrogens is 228 g/mol. The summed E-state index contributed by atoms with van der Waals surface area (Å²) in [7, 11) is 0. The molecule has 0 spiro atoms. The fourth-order valence-corrected chi connectivity index (χ4v) is 1.20. The predicted octanol–water partition coefficient (Wildman–Crippen LogP) is 1.70. The molecule has 0 atom stereocenters. The Bertz CT molecular complexity index is 481. The third-order valence-electron chi connectivity index (χ3n) is 2.23. The Labute approximate surface area is 106 Å². The molecule has 0 bridgehead atoms. The molecule has 0 aliphatic rings. The molecule has 0 aromatic carbocycles. The fourth-order valence-electron chi connectivity index (χ4n) is 1.20. The topological polar surface area (TPSA) is 50.9 Å². The minimum Gasteiger partial charge on any atom is -0.298 e. The van der Waals surface area contributed by atoms with Crippen molar-refractivity contribution in [3.05, 3.63) is 60.2 Å². The van der Waals surface area contributed by atoms with Gasteiger partial charge in [-0.25, -0.2) is 4.57 Å². The molecule has 0 aliphatic heterocycles. The molecule has 0 amide bonds. The number of carbonyl (C=O) groups is 2. The van der Waals surface area contributed by atoms with Crippen molar-refractivity contribution in [2.75, 3.05) is 0 Å². The van der Waals surface area contributed by atoms with Crippen LogP contribution in [0.4, 0.5) is 0 Å². The molecule has 0 saturated heterocycles. The lowest BCUT2D eigenvalue weighted by atomic mass is 10.3. The van der Waals surface area contributed by atoms with E-state index >= 15 is 0 Å². The highest BCUT2D eigenvalue weighted by molar-refractivity contribution is 5.73. The maximum absolute atomic E-state index is 10.2. The van der Waals surface area contributed by atoms with Crippen LogP contribution >= 0.6 is 0 Å². The van der Waals surface area contributed by atoms with Gasteiger partial charge in [0.15, 0.2) is 25.0 Å². The van der Waals surface area contributed by atoms with Gasteiger partial charge in [0.25, 0.3) is 0 Å². The highest BCUT2D eigenvalue weighted by Gasteiger charge is 1.94. The van der Waals surface area contributed by atoms with Crippen LogP contribution in [0.3, 0.4) is 0 Å². The number of rotatable bonds is 3. The first kappa shape index (κ1) is 13.7. The Morgan fingerprint density at radius 1 is 1.11 bits per heavy atom. The van der Waals surface area contributed by atoms with Crippen LogP contribution in [0.5, 0.6) is 0 Å². The van der Waals surface area contributed by atoms with Gasteiger partial charge in [0.2, 0.25) is 0 Å². The van der Waals surface area contributed by atoms with Crippen molar-refractivity contribution >= 4 is 12.6 Å². The van der Waals surface area contributed by atoms with Gasteiger partial charge in [0.1, 0.15) is 12.2 Å². The summed E-state index contributed by atoms with van der Waals surface area (Å²) in [5.41, 5.74) is 1.21. The molecule has 2 aromatic rings. The second-order valence-electron chi connectivity index (χ2n) is 3.45. The molecule has 0 unspecified atom stereocenters. The number of nitrogens with zero attached hydrogens (tertiary/aromatic N) is 2. The van der Waals surface area contributed by atoms with Crippen LogP contribution in [0.25, 0.3) is 0 Å². The van der Waals surface area contributed by atoms with Crippen molar-refractivity contribution in [2.24, 2.45) is 0 Å². The lowest BCUT2D eigenvalue weighted by Gasteiger charge is -1.89. The molecule has 2 heterocycles. The highest BCUT2D eigenvalue weighted by Crippen LogP contribution is 1.88.